The molecule has 0 radical (unpaired) electrons. The molecule has 0 aliphatic heterocycles. The molecule has 9 heteroatoms. The lowest BCUT2D eigenvalue weighted by Gasteiger charge is -2.22. The van der Waals surface area contributed by atoms with Crippen LogP contribution < -0.4 is 5.32 Å². The lowest BCUT2D eigenvalue weighted by molar-refractivity contribution is 0.474. The van der Waals surface area contributed by atoms with Gasteiger partial charge in [0.25, 0.3) is 0 Å². The van der Waals surface area contributed by atoms with Crippen LogP contribution in [0, 0.1) is 6.92 Å². The summed E-state index contributed by atoms with van der Waals surface area (Å²) in [6.45, 7) is 4.15. The fourth-order valence-corrected chi connectivity index (χ4v) is 3.10. The van der Waals surface area contributed by atoms with Crippen LogP contribution in [0.4, 0.5) is 0 Å². The highest BCUT2D eigenvalue weighted by Crippen LogP contribution is 2.12. The summed E-state index contributed by atoms with van der Waals surface area (Å²) in [7, 11) is 4.03. The van der Waals surface area contributed by atoms with Gasteiger partial charge < -0.3 is 14.8 Å². The van der Waals surface area contributed by atoms with Crippen molar-refractivity contribution in [3.05, 3.63) is 46.0 Å². The lowest BCUT2D eigenvalue weighted by atomic mass is 10.2. The van der Waals surface area contributed by atoms with Gasteiger partial charge in [0.1, 0.15) is 12.4 Å². The Hall–Kier alpha value is -0.810. The molecular weight excluding hydrogens is 539 g/mol. The minimum atomic E-state index is 0. The van der Waals surface area contributed by atoms with Crippen LogP contribution >= 0.6 is 51.7 Å². The van der Waals surface area contributed by atoms with E-state index in [0.717, 1.165) is 47.3 Å². The number of nitrogens with zero attached hydrogens (tertiary/aromatic N) is 5. The fraction of sp³-hybridized carbons (Fsp3) is 0.500. The summed E-state index contributed by atoms with van der Waals surface area (Å²) in [4.78, 5) is 6.92. The van der Waals surface area contributed by atoms with Gasteiger partial charge in [-0.05, 0) is 43.0 Å². The second-order valence-corrected chi connectivity index (χ2v) is 8.02. The SMILES string of the molecule is CSCCCNC(=NCc1nnc(C)n1C)N(C)Cc1ccc(Br)cc1.I. The largest absolute Gasteiger partial charge is 0.356 e. The maximum absolute atomic E-state index is 4.77. The van der Waals surface area contributed by atoms with Gasteiger partial charge in [0.15, 0.2) is 11.8 Å². The van der Waals surface area contributed by atoms with Gasteiger partial charge in [0.05, 0.1) is 0 Å². The average molecular weight is 567 g/mol. The summed E-state index contributed by atoms with van der Waals surface area (Å²) >= 11 is 5.34. The number of hydrogen-bond acceptors (Lipinski definition) is 4. The van der Waals surface area contributed by atoms with E-state index in [0.29, 0.717) is 6.54 Å². The number of nitrogens with one attached hydrogen (secondary N) is 1. The van der Waals surface area contributed by atoms with Crippen LogP contribution in [0.3, 0.4) is 0 Å². The molecule has 0 aliphatic carbocycles. The smallest absolute Gasteiger partial charge is 0.194 e. The van der Waals surface area contributed by atoms with E-state index >= 15 is 0 Å². The average Bonchev–Trinajstić information content (AvgIpc) is 2.95. The summed E-state index contributed by atoms with van der Waals surface area (Å²) in [6.07, 6.45) is 3.24. The molecule has 1 heterocycles. The molecule has 0 amide bonds. The number of aromatic nitrogens is 3. The Morgan fingerprint density at radius 2 is 2.00 bits per heavy atom. The predicted molar refractivity (Wildman–Crippen MR) is 129 cm³/mol. The fourth-order valence-electron chi connectivity index (χ4n) is 2.40. The molecule has 0 spiro atoms. The number of guanidine groups is 1. The van der Waals surface area contributed by atoms with Crippen molar-refractivity contribution in [2.45, 2.75) is 26.4 Å². The number of aliphatic imine (C=N–C) groups is 1. The van der Waals surface area contributed by atoms with Gasteiger partial charge in [-0.1, -0.05) is 28.1 Å². The molecule has 0 atom stereocenters. The Morgan fingerprint density at radius 3 is 2.59 bits per heavy atom. The molecule has 1 aromatic carbocycles. The molecule has 0 unspecified atom stereocenters. The van der Waals surface area contributed by atoms with E-state index < -0.39 is 0 Å². The maximum Gasteiger partial charge on any atom is 0.194 e. The summed E-state index contributed by atoms with van der Waals surface area (Å²) in [6, 6.07) is 8.37. The highest BCUT2D eigenvalue weighted by atomic mass is 127. The second-order valence-electron chi connectivity index (χ2n) is 6.12. The molecule has 1 aromatic heterocycles. The lowest BCUT2D eigenvalue weighted by Crippen LogP contribution is -2.39. The highest BCUT2D eigenvalue weighted by molar-refractivity contribution is 14.0. The molecule has 0 aliphatic rings. The maximum atomic E-state index is 4.77. The Kier molecular flexibility index (Phi) is 11.3. The zero-order valence-corrected chi connectivity index (χ0v) is 21.0. The summed E-state index contributed by atoms with van der Waals surface area (Å²) in [5, 5.41) is 11.8. The Balaban J connectivity index is 0.00000364. The van der Waals surface area contributed by atoms with E-state index in [1.54, 1.807) is 0 Å². The number of thioether (sulfide) groups is 1. The standard InChI is InChI=1S/C18H27BrN6S.HI/c1-14-22-23-17(25(14)3)12-21-18(20-10-5-11-26-4)24(2)13-15-6-8-16(19)9-7-15;/h6-9H,5,10-13H2,1-4H3,(H,20,21);1H. The first-order valence-corrected chi connectivity index (χ1v) is 10.8. The monoisotopic (exact) mass is 566 g/mol. The van der Waals surface area contributed by atoms with Crippen LogP contribution in [-0.2, 0) is 20.1 Å². The molecule has 2 aromatic rings. The normalized spacial score (nSPS) is 11.2. The first-order valence-electron chi connectivity index (χ1n) is 8.59. The van der Waals surface area contributed by atoms with Crippen molar-refractivity contribution >= 4 is 57.6 Å². The number of rotatable bonds is 8. The van der Waals surface area contributed by atoms with Gasteiger partial charge in [0, 0.05) is 31.7 Å². The highest BCUT2D eigenvalue weighted by Gasteiger charge is 2.09. The summed E-state index contributed by atoms with van der Waals surface area (Å²) < 4.78 is 3.06. The third-order valence-corrected chi connectivity index (χ3v) is 5.28. The van der Waals surface area contributed by atoms with Crippen LogP contribution in [-0.4, -0.2) is 51.2 Å². The minimum Gasteiger partial charge on any atom is -0.356 e. The van der Waals surface area contributed by atoms with E-state index in [4.69, 9.17) is 4.99 Å². The Labute approximate surface area is 191 Å². The van der Waals surface area contributed by atoms with E-state index in [9.17, 15) is 0 Å². The number of benzene rings is 1. The van der Waals surface area contributed by atoms with Gasteiger partial charge in [0.2, 0.25) is 0 Å². The molecule has 0 saturated heterocycles. The van der Waals surface area contributed by atoms with Crippen molar-refractivity contribution in [1.29, 1.82) is 0 Å². The quantitative estimate of drug-likeness (QED) is 0.228. The molecule has 0 bridgehead atoms. The molecule has 6 nitrogen and oxygen atoms in total. The van der Waals surface area contributed by atoms with E-state index in [1.807, 2.05) is 30.3 Å². The van der Waals surface area contributed by atoms with Crippen molar-refractivity contribution in [1.82, 2.24) is 25.0 Å². The van der Waals surface area contributed by atoms with Crippen LogP contribution in [0.2, 0.25) is 0 Å². The first kappa shape index (κ1) is 24.2. The van der Waals surface area contributed by atoms with Crippen LogP contribution in [0.5, 0.6) is 0 Å². The zero-order chi connectivity index (χ0) is 18.9. The third kappa shape index (κ3) is 7.98. The van der Waals surface area contributed by atoms with E-state index in [1.165, 1.54) is 5.56 Å². The van der Waals surface area contributed by atoms with Crippen molar-refractivity contribution < 1.29 is 0 Å². The van der Waals surface area contributed by atoms with Gasteiger partial charge in [-0.25, -0.2) is 4.99 Å². The van der Waals surface area contributed by atoms with Crippen molar-refractivity contribution in [3.8, 4) is 0 Å². The Bertz CT molecular complexity index is 719. The molecular formula is C18H28BrIN6S. The number of aryl methyl sites for hydroxylation is 1. The topological polar surface area (TPSA) is 58.3 Å². The molecule has 0 saturated carbocycles. The number of halogens is 2. The van der Waals surface area contributed by atoms with Crippen LogP contribution in [0.15, 0.2) is 33.7 Å². The van der Waals surface area contributed by atoms with Gasteiger partial charge in [-0.15, -0.1) is 34.2 Å². The van der Waals surface area contributed by atoms with Crippen molar-refractivity contribution in [2.24, 2.45) is 12.0 Å². The first-order chi connectivity index (χ1) is 12.5. The van der Waals surface area contributed by atoms with Crippen molar-refractivity contribution in [3.63, 3.8) is 0 Å². The summed E-state index contributed by atoms with van der Waals surface area (Å²) in [5.74, 6) is 3.78. The minimum absolute atomic E-state index is 0. The van der Waals surface area contributed by atoms with Crippen LogP contribution in [0.1, 0.15) is 23.6 Å². The van der Waals surface area contributed by atoms with Crippen LogP contribution in [0.25, 0.3) is 0 Å². The zero-order valence-electron chi connectivity index (χ0n) is 16.3. The van der Waals surface area contributed by atoms with Gasteiger partial charge >= 0.3 is 0 Å². The molecule has 0 fully saturated rings. The molecule has 27 heavy (non-hydrogen) atoms. The summed E-state index contributed by atoms with van der Waals surface area (Å²) in [5.41, 5.74) is 1.24. The molecule has 150 valence electrons. The Morgan fingerprint density at radius 1 is 1.30 bits per heavy atom. The predicted octanol–water partition coefficient (Wildman–Crippen LogP) is 3.83. The second kappa shape index (κ2) is 12.6. The third-order valence-electron chi connectivity index (χ3n) is 4.06. The molecule has 1 N–H and O–H groups in total. The van der Waals surface area contributed by atoms with Gasteiger partial charge in [-0.2, -0.15) is 11.8 Å². The van der Waals surface area contributed by atoms with E-state index in [2.05, 4.69) is 73.9 Å². The molecule has 2 rings (SSSR count). The number of hydrogen-bond donors (Lipinski definition) is 1. The van der Waals surface area contributed by atoms with E-state index in [-0.39, 0.29) is 24.0 Å². The van der Waals surface area contributed by atoms with Crippen molar-refractivity contribution in [2.75, 3.05) is 25.6 Å². The van der Waals surface area contributed by atoms with Gasteiger partial charge in [-0.3, -0.25) is 0 Å².